The fourth-order valence-electron chi connectivity index (χ4n) is 2.46. The molecule has 2 rings (SSSR count). The lowest BCUT2D eigenvalue weighted by molar-refractivity contribution is 0.100. The van der Waals surface area contributed by atoms with E-state index < -0.39 is 5.91 Å². The van der Waals surface area contributed by atoms with Gasteiger partial charge in [0.25, 0.3) is 0 Å². The van der Waals surface area contributed by atoms with E-state index in [9.17, 15) is 4.79 Å². The van der Waals surface area contributed by atoms with E-state index in [2.05, 4.69) is 21.7 Å². The summed E-state index contributed by atoms with van der Waals surface area (Å²) in [4.78, 5) is 15.7. The SMILES string of the molecule is CCNC(=NCc1ccc(C(N)=O)cc1)NCc1ccc(C)cc1OC.I. The molecule has 0 heterocycles. The van der Waals surface area contributed by atoms with Crippen molar-refractivity contribution in [1.29, 1.82) is 0 Å². The van der Waals surface area contributed by atoms with Crippen molar-refractivity contribution in [2.24, 2.45) is 10.7 Å². The first-order valence-electron chi connectivity index (χ1n) is 8.58. The summed E-state index contributed by atoms with van der Waals surface area (Å²) in [5.74, 6) is 1.14. The standard InChI is InChI=1S/C20H26N4O2.HI/c1-4-22-20(23-12-15-6-9-16(10-7-15)19(21)25)24-13-17-8-5-14(2)11-18(17)26-3;/h5-11H,4,12-13H2,1-3H3,(H2,21,25)(H2,22,23,24);1H. The van der Waals surface area contributed by atoms with Crippen LogP contribution in [-0.4, -0.2) is 25.5 Å². The fourth-order valence-corrected chi connectivity index (χ4v) is 2.46. The number of amides is 1. The average Bonchev–Trinajstić information content (AvgIpc) is 2.65. The van der Waals surface area contributed by atoms with Crippen LogP contribution in [-0.2, 0) is 13.1 Å². The number of carbonyl (C=O) groups excluding carboxylic acids is 1. The molecular weight excluding hydrogens is 455 g/mol. The Labute approximate surface area is 177 Å². The highest BCUT2D eigenvalue weighted by Gasteiger charge is 2.05. The molecule has 0 aromatic heterocycles. The Morgan fingerprint density at radius 3 is 2.44 bits per heavy atom. The van der Waals surface area contributed by atoms with Crippen molar-refractivity contribution < 1.29 is 9.53 Å². The van der Waals surface area contributed by atoms with Crippen LogP contribution in [0.2, 0.25) is 0 Å². The number of ether oxygens (including phenoxy) is 1. The summed E-state index contributed by atoms with van der Waals surface area (Å²) in [5.41, 5.74) is 8.97. The normalized spacial score (nSPS) is 10.7. The number of rotatable bonds is 7. The molecule has 0 radical (unpaired) electrons. The first-order valence-corrected chi connectivity index (χ1v) is 8.58. The van der Waals surface area contributed by atoms with Crippen LogP contribution in [0.25, 0.3) is 0 Å². The first-order chi connectivity index (χ1) is 12.5. The molecule has 0 saturated heterocycles. The van der Waals surface area contributed by atoms with Crippen molar-refractivity contribution in [2.45, 2.75) is 26.9 Å². The van der Waals surface area contributed by atoms with Crippen LogP contribution in [0.3, 0.4) is 0 Å². The summed E-state index contributed by atoms with van der Waals surface area (Å²) < 4.78 is 5.44. The zero-order valence-electron chi connectivity index (χ0n) is 15.9. The van der Waals surface area contributed by atoms with Gasteiger partial charge in [-0.25, -0.2) is 4.99 Å². The van der Waals surface area contributed by atoms with Gasteiger partial charge in [0.2, 0.25) is 5.91 Å². The molecule has 27 heavy (non-hydrogen) atoms. The van der Waals surface area contributed by atoms with Crippen LogP contribution in [0, 0.1) is 6.92 Å². The Balaban J connectivity index is 0.00000364. The van der Waals surface area contributed by atoms with Gasteiger partial charge < -0.3 is 21.1 Å². The third-order valence-electron chi connectivity index (χ3n) is 3.89. The highest BCUT2D eigenvalue weighted by atomic mass is 127. The predicted octanol–water partition coefficient (Wildman–Crippen LogP) is 2.98. The zero-order valence-corrected chi connectivity index (χ0v) is 18.2. The van der Waals surface area contributed by atoms with Crippen molar-refractivity contribution in [3.63, 3.8) is 0 Å². The van der Waals surface area contributed by atoms with Gasteiger partial charge in [0, 0.05) is 24.2 Å². The molecule has 4 N–H and O–H groups in total. The van der Waals surface area contributed by atoms with Crippen LogP contribution < -0.4 is 21.1 Å². The maximum atomic E-state index is 11.1. The Bertz CT molecular complexity index is 776. The van der Waals surface area contributed by atoms with E-state index in [0.29, 0.717) is 24.6 Å². The molecule has 0 unspecified atom stereocenters. The summed E-state index contributed by atoms with van der Waals surface area (Å²) >= 11 is 0. The molecule has 0 spiro atoms. The van der Waals surface area contributed by atoms with Gasteiger partial charge in [0.15, 0.2) is 5.96 Å². The number of nitrogens with one attached hydrogen (secondary N) is 2. The topological polar surface area (TPSA) is 88.7 Å². The number of hydrogen-bond donors (Lipinski definition) is 3. The summed E-state index contributed by atoms with van der Waals surface area (Å²) in [5, 5.41) is 6.54. The summed E-state index contributed by atoms with van der Waals surface area (Å²) in [6.07, 6.45) is 0. The van der Waals surface area contributed by atoms with Gasteiger partial charge in [0.05, 0.1) is 13.7 Å². The number of guanidine groups is 1. The van der Waals surface area contributed by atoms with Gasteiger partial charge in [-0.2, -0.15) is 0 Å². The van der Waals surface area contributed by atoms with Crippen molar-refractivity contribution in [3.05, 3.63) is 64.7 Å². The van der Waals surface area contributed by atoms with E-state index >= 15 is 0 Å². The number of aryl methyl sites for hydroxylation is 1. The average molecular weight is 482 g/mol. The zero-order chi connectivity index (χ0) is 18.9. The summed E-state index contributed by atoms with van der Waals surface area (Å²) in [7, 11) is 1.67. The lowest BCUT2D eigenvalue weighted by atomic mass is 10.1. The molecule has 0 bridgehead atoms. The molecule has 2 aromatic carbocycles. The largest absolute Gasteiger partial charge is 0.496 e. The van der Waals surface area contributed by atoms with Crippen LogP contribution >= 0.6 is 24.0 Å². The second-order valence-corrected chi connectivity index (χ2v) is 5.93. The van der Waals surface area contributed by atoms with Crippen LogP contribution in [0.4, 0.5) is 0 Å². The molecule has 2 aromatic rings. The molecule has 146 valence electrons. The number of methoxy groups -OCH3 is 1. The van der Waals surface area contributed by atoms with Gasteiger partial charge in [-0.05, 0) is 43.2 Å². The van der Waals surface area contributed by atoms with E-state index in [0.717, 1.165) is 29.0 Å². The number of nitrogens with two attached hydrogens (primary N) is 1. The number of nitrogens with zero attached hydrogens (tertiary/aromatic N) is 1. The second-order valence-electron chi connectivity index (χ2n) is 5.93. The number of hydrogen-bond acceptors (Lipinski definition) is 3. The third-order valence-corrected chi connectivity index (χ3v) is 3.89. The Morgan fingerprint density at radius 2 is 1.85 bits per heavy atom. The molecule has 0 atom stereocenters. The predicted molar refractivity (Wildman–Crippen MR) is 120 cm³/mol. The molecule has 6 nitrogen and oxygen atoms in total. The van der Waals surface area contributed by atoms with Crippen molar-refractivity contribution in [1.82, 2.24) is 10.6 Å². The molecule has 7 heteroatoms. The smallest absolute Gasteiger partial charge is 0.248 e. The van der Waals surface area contributed by atoms with Gasteiger partial charge in [-0.3, -0.25) is 4.79 Å². The Kier molecular flexibility index (Phi) is 9.63. The van der Waals surface area contributed by atoms with Crippen molar-refractivity contribution in [2.75, 3.05) is 13.7 Å². The summed E-state index contributed by atoms with van der Waals surface area (Å²) in [6, 6.07) is 13.3. The van der Waals surface area contributed by atoms with E-state index in [4.69, 9.17) is 10.5 Å². The molecule has 0 aliphatic rings. The maximum Gasteiger partial charge on any atom is 0.248 e. The highest BCUT2D eigenvalue weighted by Crippen LogP contribution is 2.19. The van der Waals surface area contributed by atoms with E-state index in [1.165, 1.54) is 0 Å². The number of primary amides is 1. The van der Waals surface area contributed by atoms with Gasteiger partial charge in [-0.15, -0.1) is 24.0 Å². The van der Waals surface area contributed by atoms with Gasteiger partial charge in [-0.1, -0.05) is 24.3 Å². The molecular formula is C20H27IN4O2. The van der Waals surface area contributed by atoms with Crippen LogP contribution in [0.15, 0.2) is 47.5 Å². The van der Waals surface area contributed by atoms with Crippen LogP contribution in [0.5, 0.6) is 5.75 Å². The Hall–Kier alpha value is -2.29. The number of halogens is 1. The molecule has 0 aliphatic heterocycles. The first kappa shape index (κ1) is 22.8. The van der Waals surface area contributed by atoms with Gasteiger partial charge >= 0.3 is 0 Å². The van der Waals surface area contributed by atoms with E-state index in [-0.39, 0.29) is 24.0 Å². The number of aliphatic imine (C=N–C) groups is 1. The minimum atomic E-state index is -0.429. The van der Waals surface area contributed by atoms with Gasteiger partial charge in [0.1, 0.15) is 5.75 Å². The van der Waals surface area contributed by atoms with E-state index in [1.54, 1.807) is 19.2 Å². The van der Waals surface area contributed by atoms with Crippen molar-refractivity contribution in [3.8, 4) is 5.75 Å². The lowest BCUT2D eigenvalue weighted by Gasteiger charge is -2.14. The van der Waals surface area contributed by atoms with Crippen LogP contribution in [0.1, 0.15) is 34.0 Å². The minimum Gasteiger partial charge on any atom is -0.496 e. The molecule has 0 fully saturated rings. The van der Waals surface area contributed by atoms with E-state index in [1.807, 2.05) is 38.1 Å². The number of benzene rings is 2. The second kappa shape index (κ2) is 11.4. The minimum absolute atomic E-state index is 0. The highest BCUT2D eigenvalue weighted by molar-refractivity contribution is 14.0. The monoisotopic (exact) mass is 482 g/mol. The molecule has 0 saturated carbocycles. The third kappa shape index (κ3) is 7.09. The maximum absolute atomic E-state index is 11.1. The summed E-state index contributed by atoms with van der Waals surface area (Å²) in [6.45, 7) is 5.92. The molecule has 0 aliphatic carbocycles. The fraction of sp³-hybridized carbons (Fsp3) is 0.300. The Morgan fingerprint density at radius 1 is 1.15 bits per heavy atom. The molecule has 1 amide bonds. The van der Waals surface area contributed by atoms with Crippen molar-refractivity contribution >= 4 is 35.8 Å². The quantitative estimate of drug-likeness (QED) is 0.322. The number of carbonyl (C=O) groups is 1. The lowest BCUT2D eigenvalue weighted by Crippen LogP contribution is -2.36.